The first kappa shape index (κ1) is 16.3. The Bertz CT molecular complexity index is 602. The number of benzene rings is 2. The van der Waals surface area contributed by atoms with E-state index < -0.39 is 8.32 Å². The molecule has 0 fully saturated rings. The van der Waals surface area contributed by atoms with Gasteiger partial charge in [0, 0.05) is 7.11 Å². The lowest BCUT2D eigenvalue weighted by Crippen LogP contribution is -2.60. The SMILES string of the molecule is C=CCO[Si](C#CCOC)(c1ccccc1)c1ccccc1. The van der Waals surface area contributed by atoms with Crippen molar-refractivity contribution in [3.05, 3.63) is 73.3 Å². The molecule has 2 aromatic carbocycles. The van der Waals surface area contributed by atoms with Crippen LogP contribution in [0.2, 0.25) is 0 Å². The van der Waals surface area contributed by atoms with Gasteiger partial charge in [-0.15, -0.1) is 6.58 Å². The van der Waals surface area contributed by atoms with Crippen molar-refractivity contribution in [1.82, 2.24) is 0 Å². The highest BCUT2D eigenvalue weighted by Gasteiger charge is 2.38. The third kappa shape index (κ3) is 3.74. The van der Waals surface area contributed by atoms with Gasteiger partial charge in [-0.05, 0) is 10.4 Å². The van der Waals surface area contributed by atoms with E-state index in [4.69, 9.17) is 9.16 Å². The first-order valence-corrected chi connectivity index (χ1v) is 9.09. The second kappa shape index (κ2) is 8.35. The van der Waals surface area contributed by atoms with Gasteiger partial charge in [0.1, 0.15) is 6.61 Å². The van der Waals surface area contributed by atoms with Crippen LogP contribution in [-0.2, 0) is 9.16 Å². The smallest absolute Gasteiger partial charge is 0.337 e. The number of rotatable bonds is 6. The van der Waals surface area contributed by atoms with E-state index in [1.165, 1.54) is 0 Å². The highest BCUT2D eigenvalue weighted by Crippen LogP contribution is 2.07. The Morgan fingerprint density at radius 3 is 2.00 bits per heavy atom. The topological polar surface area (TPSA) is 18.5 Å². The van der Waals surface area contributed by atoms with Gasteiger partial charge < -0.3 is 9.16 Å². The molecule has 0 unspecified atom stereocenters. The summed E-state index contributed by atoms with van der Waals surface area (Å²) >= 11 is 0. The van der Waals surface area contributed by atoms with E-state index in [9.17, 15) is 0 Å². The Labute approximate surface area is 133 Å². The van der Waals surface area contributed by atoms with Crippen LogP contribution in [-0.4, -0.2) is 28.6 Å². The second-order valence-corrected chi connectivity index (χ2v) is 7.80. The molecular weight excluding hydrogens is 288 g/mol. The Morgan fingerprint density at radius 1 is 1.00 bits per heavy atom. The second-order valence-electron chi connectivity index (χ2n) is 4.75. The van der Waals surface area contributed by atoms with E-state index in [0.29, 0.717) is 13.2 Å². The Morgan fingerprint density at radius 2 is 1.55 bits per heavy atom. The minimum atomic E-state index is -2.62. The van der Waals surface area contributed by atoms with Crippen molar-refractivity contribution >= 4 is 18.7 Å². The molecule has 112 valence electrons. The summed E-state index contributed by atoms with van der Waals surface area (Å²) in [6.45, 7) is 4.64. The van der Waals surface area contributed by atoms with E-state index in [2.05, 4.69) is 42.3 Å². The molecule has 0 spiro atoms. The standard InChI is InChI=1S/C19H20O2Si/c1-3-15-21-22(17-10-16-20-2,18-11-6-4-7-12-18)19-13-8-5-9-14-19/h3-9,11-14H,1,15-16H2,2H3. The van der Waals surface area contributed by atoms with Crippen molar-refractivity contribution < 1.29 is 9.16 Å². The van der Waals surface area contributed by atoms with Crippen LogP contribution in [0.5, 0.6) is 0 Å². The molecule has 0 aliphatic heterocycles. The van der Waals surface area contributed by atoms with Gasteiger partial charge in [-0.2, -0.15) is 0 Å². The zero-order chi connectivity index (χ0) is 15.7. The summed E-state index contributed by atoms with van der Waals surface area (Å²) in [6, 6.07) is 20.4. The van der Waals surface area contributed by atoms with Gasteiger partial charge in [-0.1, -0.05) is 78.2 Å². The minimum Gasteiger partial charge on any atom is -0.395 e. The molecule has 0 aliphatic rings. The number of hydrogen-bond acceptors (Lipinski definition) is 2. The molecule has 0 amide bonds. The molecule has 2 rings (SSSR count). The Balaban J connectivity index is 2.58. The Hall–Kier alpha value is -2.12. The fourth-order valence-corrected chi connectivity index (χ4v) is 5.32. The molecule has 2 nitrogen and oxygen atoms in total. The molecule has 2 aromatic rings. The van der Waals surface area contributed by atoms with Crippen LogP contribution in [0, 0.1) is 11.5 Å². The quantitative estimate of drug-likeness (QED) is 0.462. The molecule has 22 heavy (non-hydrogen) atoms. The maximum absolute atomic E-state index is 6.29. The minimum absolute atomic E-state index is 0.395. The zero-order valence-electron chi connectivity index (χ0n) is 12.8. The fraction of sp³-hybridized carbons (Fsp3) is 0.158. The largest absolute Gasteiger partial charge is 0.395 e. The van der Waals surface area contributed by atoms with Gasteiger partial charge in [-0.25, -0.2) is 0 Å². The average molecular weight is 308 g/mol. The zero-order valence-corrected chi connectivity index (χ0v) is 13.8. The van der Waals surface area contributed by atoms with E-state index in [1.54, 1.807) is 13.2 Å². The van der Waals surface area contributed by atoms with Gasteiger partial charge in [0.2, 0.25) is 0 Å². The van der Waals surface area contributed by atoms with Crippen LogP contribution in [0.1, 0.15) is 0 Å². The maximum atomic E-state index is 6.29. The molecule has 0 heterocycles. The summed E-state index contributed by atoms with van der Waals surface area (Å²) in [6.07, 6.45) is 1.77. The molecular formula is C19H20O2Si. The Kier molecular flexibility index (Phi) is 6.17. The van der Waals surface area contributed by atoms with E-state index in [-0.39, 0.29) is 0 Å². The van der Waals surface area contributed by atoms with Crippen molar-refractivity contribution in [1.29, 1.82) is 0 Å². The fourth-order valence-electron chi connectivity index (χ4n) is 2.28. The number of ether oxygens (including phenoxy) is 1. The van der Waals surface area contributed by atoms with Crippen molar-refractivity contribution in [3.63, 3.8) is 0 Å². The first-order valence-electron chi connectivity index (χ1n) is 7.18. The molecule has 0 bridgehead atoms. The summed E-state index contributed by atoms with van der Waals surface area (Å²) in [5.74, 6) is 3.11. The summed E-state index contributed by atoms with van der Waals surface area (Å²) < 4.78 is 11.4. The van der Waals surface area contributed by atoms with Crippen molar-refractivity contribution in [2.45, 2.75) is 0 Å². The van der Waals surface area contributed by atoms with Crippen molar-refractivity contribution in [2.75, 3.05) is 20.3 Å². The monoisotopic (exact) mass is 308 g/mol. The number of hydrogen-bond donors (Lipinski definition) is 0. The molecule has 0 atom stereocenters. The van der Waals surface area contributed by atoms with Crippen LogP contribution in [0.4, 0.5) is 0 Å². The molecule has 0 saturated carbocycles. The van der Waals surface area contributed by atoms with Crippen LogP contribution in [0.15, 0.2) is 73.3 Å². The summed E-state index contributed by atoms with van der Waals surface area (Å²) in [4.78, 5) is 0. The van der Waals surface area contributed by atoms with E-state index in [1.807, 2.05) is 36.4 Å². The molecule has 3 heteroatoms. The van der Waals surface area contributed by atoms with Gasteiger partial charge >= 0.3 is 8.32 Å². The molecule has 0 radical (unpaired) electrons. The predicted octanol–water partition coefficient (Wildman–Crippen LogP) is 2.14. The van der Waals surface area contributed by atoms with Crippen LogP contribution in [0.25, 0.3) is 0 Å². The summed E-state index contributed by atoms with van der Waals surface area (Å²) in [5.41, 5.74) is 3.40. The van der Waals surface area contributed by atoms with Crippen molar-refractivity contribution in [3.8, 4) is 11.5 Å². The van der Waals surface area contributed by atoms with Crippen LogP contribution >= 0.6 is 0 Å². The summed E-state index contributed by atoms with van der Waals surface area (Å²) in [7, 11) is -0.972. The highest BCUT2D eigenvalue weighted by atomic mass is 28.4. The third-order valence-corrected chi connectivity index (χ3v) is 6.68. The van der Waals surface area contributed by atoms with Gasteiger partial charge in [-0.3, -0.25) is 0 Å². The third-order valence-electron chi connectivity index (χ3n) is 3.26. The molecule has 0 N–H and O–H groups in total. The van der Waals surface area contributed by atoms with Gasteiger partial charge in [0.15, 0.2) is 0 Å². The lowest BCUT2D eigenvalue weighted by Gasteiger charge is -2.26. The molecule has 0 aliphatic carbocycles. The van der Waals surface area contributed by atoms with Crippen LogP contribution in [0.3, 0.4) is 0 Å². The lowest BCUT2D eigenvalue weighted by molar-refractivity contribution is 0.239. The normalized spacial score (nSPS) is 10.6. The number of methoxy groups -OCH3 is 1. The van der Waals surface area contributed by atoms with E-state index in [0.717, 1.165) is 10.4 Å². The van der Waals surface area contributed by atoms with Gasteiger partial charge in [0.25, 0.3) is 0 Å². The van der Waals surface area contributed by atoms with E-state index >= 15 is 0 Å². The molecule has 0 aromatic heterocycles. The average Bonchev–Trinajstić information content (AvgIpc) is 2.60. The van der Waals surface area contributed by atoms with Gasteiger partial charge in [0.05, 0.1) is 6.61 Å². The predicted molar refractivity (Wildman–Crippen MR) is 93.7 cm³/mol. The lowest BCUT2D eigenvalue weighted by atomic mass is 10.4. The maximum Gasteiger partial charge on any atom is 0.337 e. The first-order chi connectivity index (χ1) is 10.8. The van der Waals surface area contributed by atoms with Crippen molar-refractivity contribution in [2.24, 2.45) is 0 Å². The summed E-state index contributed by atoms with van der Waals surface area (Å²) in [5, 5.41) is 2.26. The highest BCUT2D eigenvalue weighted by molar-refractivity contribution is 7.03. The molecule has 0 saturated heterocycles. The van der Waals surface area contributed by atoms with Crippen LogP contribution < -0.4 is 10.4 Å².